The second-order valence-electron chi connectivity index (χ2n) is 5.43. The Bertz CT molecular complexity index is 1020. The Morgan fingerprint density at radius 2 is 1.70 bits per heavy atom. The Kier molecular flexibility index (Phi) is 4.83. The molecule has 0 saturated heterocycles. The van der Waals surface area contributed by atoms with Crippen LogP contribution in [0.1, 0.15) is 11.6 Å². The van der Waals surface area contributed by atoms with Crippen LogP contribution in [0.25, 0.3) is 11.6 Å². The summed E-state index contributed by atoms with van der Waals surface area (Å²) in [5.41, 5.74) is 0.661. The van der Waals surface area contributed by atoms with Crippen molar-refractivity contribution in [3.05, 3.63) is 54.0 Å². The molecule has 0 radical (unpaired) electrons. The lowest BCUT2D eigenvalue weighted by Crippen LogP contribution is -2.29. The van der Waals surface area contributed by atoms with Crippen LogP contribution in [0.15, 0.2) is 46.9 Å². The van der Waals surface area contributed by atoms with E-state index in [0.29, 0.717) is 5.69 Å². The van der Waals surface area contributed by atoms with Gasteiger partial charge in [0.2, 0.25) is 10.0 Å². The minimum Gasteiger partial charge on any atom is -0.411 e. The fourth-order valence-corrected chi connectivity index (χ4v) is 3.01. The van der Waals surface area contributed by atoms with Gasteiger partial charge in [0.15, 0.2) is 0 Å². The zero-order chi connectivity index (χ0) is 19.7. The van der Waals surface area contributed by atoms with Crippen molar-refractivity contribution in [1.29, 1.82) is 0 Å². The van der Waals surface area contributed by atoms with E-state index in [1.165, 1.54) is 12.1 Å². The van der Waals surface area contributed by atoms with Crippen LogP contribution in [-0.4, -0.2) is 35.1 Å². The van der Waals surface area contributed by atoms with Crippen LogP contribution in [0.5, 0.6) is 0 Å². The number of nitrogens with zero attached hydrogens (tertiary/aromatic N) is 5. The molecule has 0 saturated carbocycles. The topological polar surface area (TPSA) is 102 Å². The molecule has 0 aliphatic carbocycles. The molecule has 2 aromatic heterocycles. The summed E-state index contributed by atoms with van der Waals surface area (Å²) in [5, 5.41) is 13.8. The van der Waals surface area contributed by atoms with Crippen molar-refractivity contribution in [1.82, 2.24) is 20.4 Å². The van der Waals surface area contributed by atoms with E-state index in [2.05, 4.69) is 24.8 Å². The van der Waals surface area contributed by atoms with E-state index in [9.17, 15) is 21.6 Å². The van der Waals surface area contributed by atoms with Crippen molar-refractivity contribution in [3.8, 4) is 11.6 Å². The number of sulfonamides is 1. The van der Waals surface area contributed by atoms with Crippen molar-refractivity contribution in [2.75, 3.05) is 10.6 Å². The summed E-state index contributed by atoms with van der Waals surface area (Å²) in [6.45, 7) is -0.103. The number of hydrogen-bond acceptors (Lipinski definition) is 7. The molecule has 0 unspecified atom stereocenters. The summed E-state index contributed by atoms with van der Waals surface area (Å²) in [6, 6.07) is 11.1. The van der Waals surface area contributed by atoms with Crippen molar-refractivity contribution in [3.63, 3.8) is 0 Å². The van der Waals surface area contributed by atoms with Crippen LogP contribution in [0.3, 0.4) is 0 Å². The van der Waals surface area contributed by atoms with Gasteiger partial charge in [-0.1, -0.05) is 18.2 Å². The maximum Gasteiger partial charge on any atom is 0.470 e. The maximum atomic E-state index is 12.5. The highest BCUT2D eigenvalue weighted by molar-refractivity contribution is 7.92. The molecule has 0 spiro atoms. The Balaban J connectivity index is 1.83. The Morgan fingerprint density at radius 3 is 2.22 bits per heavy atom. The molecular formula is C15H12F3N5O3S. The van der Waals surface area contributed by atoms with Crippen LogP contribution in [0.4, 0.5) is 18.9 Å². The third-order valence-electron chi connectivity index (χ3n) is 3.36. The Labute approximate surface area is 151 Å². The van der Waals surface area contributed by atoms with Gasteiger partial charge in [-0.05, 0) is 24.3 Å². The molecule has 3 aromatic rings. The van der Waals surface area contributed by atoms with Crippen LogP contribution < -0.4 is 4.31 Å². The largest absolute Gasteiger partial charge is 0.470 e. The molecule has 0 N–H and O–H groups in total. The van der Waals surface area contributed by atoms with Crippen LogP contribution in [-0.2, 0) is 22.7 Å². The first-order valence-corrected chi connectivity index (χ1v) is 9.26. The standard InChI is InChI=1S/C15H12F3N5O3S/c1-27(24,25)23(11-5-3-2-4-6-11)9-10-7-8-12(20-19-10)13-21-22-14(26-13)15(16,17)18/h2-8H,9H2,1H3. The van der Waals surface area contributed by atoms with Crippen molar-refractivity contribution < 1.29 is 26.0 Å². The van der Waals surface area contributed by atoms with Crippen LogP contribution >= 0.6 is 0 Å². The monoisotopic (exact) mass is 399 g/mol. The number of alkyl halides is 3. The molecule has 0 aliphatic heterocycles. The predicted molar refractivity (Wildman–Crippen MR) is 87.8 cm³/mol. The van der Waals surface area contributed by atoms with Gasteiger partial charge in [0.1, 0.15) is 5.69 Å². The second-order valence-corrected chi connectivity index (χ2v) is 7.33. The first-order chi connectivity index (χ1) is 12.6. The van der Waals surface area contributed by atoms with E-state index in [1.54, 1.807) is 30.3 Å². The van der Waals surface area contributed by atoms with Crippen LogP contribution in [0, 0.1) is 0 Å². The summed E-state index contributed by atoms with van der Waals surface area (Å²) < 4.78 is 67.3. The third-order valence-corrected chi connectivity index (χ3v) is 4.50. The molecule has 12 heteroatoms. The molecule has 1 aromatic carbocycles. The van der Waals surface area contributed by atoms with Crippen molar-refractivity contribution >= 4 is 15.7 Å². The van der Waals surface area contributed by atoms with Crippen molar-refractivity contribution in [2.45, 2.75) is 12.7 Å². The molecule has 142 valence electrons. The highest BCUT2D eigenvalue weighted by Gasteiger charge is 2.38. The van der Waals surface area contributed by atoms with Crippen LogP contribution in [0.2, 0.25) is 0 Å². The number of hydrogen-bond donors (Lipinski definition) is 0. The second kappa shape index (κ2) is 6.95. The maximum absolute atomic E-state index is 12.5. The normalized spacial score (nSPS) is 12.1. The first kappa shape index (κ1) is 18.8. The molecule has 0 aliphatic rings. The highest BCUT2D eigenvalue weighted by Crippen LogP contribution is 2.29. The average Bonchev–Trinajstić information content (AvgIpc) is 3.10. The van der Waals surface area contributed by atoms with E-state index in [1.807, 2.05) is 0 Å². The lowest BCUT2D eigenvalue weighted by atomic mass is 10.3. The zero-order valence-electron chi connectivity index (χ0n) is 13.8. The Morgan fingerprint density at radius 1 is 1.00 bits per heavy atom. The predicted octanol–water partition coefficient (Wildman–Crippen LogP) is 2.51. The van der Waals surface area contributed by atoms with E-state index < -0.39 is 28.0 Å². The SMILES string of the molecule is CS(=O)(=O)N(Cc1ccc(-c2nnc(C(F)(F)F)o2)nn1)c1ccccc1. The van der Waals surface area contributed by atoms with E-state index >= 15 is 0 Å². The number of benzene rings is 1. The molecule has 27 heavy (non-hydrogen) atoms. The Hall–Kier alpha value is -3.02. The fraction of sp³-hybridized carbons (Fsp3) is 0.200. The number of halogens is 3. The highest BCUT2D eigenvalue weighted by atomic mass is 32.2. The van der Waals surface area contributed by atoms with E-state index in [0.717, 1.165) is 10.6 Å². The molecule has 0 bridgehead atoms. The van der Waals surface area contributed by atoms with Gasteiger partial charge in [0, 0.05) is 0 Å². The number of para-hydroxylation sites is 1. The smallest absolute Gasteiger partial charge is 0.411 e. The molecule has 3 rings (SSSR count). The summed E-state index contributed by atoms with van der Waals surface area (Å²) >= 11 is 0. The molecular weight excluding hydrogens is 387 g/mol. The van der Waals surface area contributed by atoms with Gasteiger partial charge in [-0.25, -0.2) is 8.42 Å². The lowest BCUT2D eigenvalue weighted by Gasteiger charge is -2.21. The van der Waals surface area contributed by atoms with Gasteiger partial charge in [-0.15, -0.1) is 15.3 Å². The molecule has 0 atom stereocenters. The molecule has 0 amide bonds. The van der Waals surface area contributed by atoms with Crippen molar-refractivity contribution in [2.24, 2.45) is 0 Å². The van der Waals surface area contributed by atoms with Gasteiger partial charge >= 0.3 is 12.1 Å². The lowest BCUT2D eigenvalue weighted by molar-refractivity contribution is -0.156. The number of rotatable bonds is 5. The summed E-state index contributed by atoms with van der Waals surface area (Å²) in [4.78, 5) is 0. The van der Waals surface area contributed by atoms with Gasteiger partial charge in [0.25, 0.3) is 5.89 Å². The number of aromatic nitrogens is 4. The van der Waals surface area contributed by atoms with Gasteiger partial charge in [-0.3, -0.25) is 4.31 Å². The zero-order valence-corrected chi connectivity index (χ0v) is 14.6. The summed E-state index contributed by atoms with van der Waals surface area (Å²) in [5.74, 6) is -1.93. The van der Waals surface area contributed by atoms with E-state index in [4.69, 9.17) is 0 Å². The average molecular weight is 399 g/mol. The molecule has 2 heterocycles. The van der Waals surface area contributed by atoms with Gasteiger partial charge < -0.3 is 4.42 Å². The fourth-order valence-electron chi connectivity index (χ4n) is 2.14. The van der Waals surface area contributed by atoms with Gasteiger partial charge in [0.05, 0.1) is 24.2 Å². The quantitative estimate of drug-likeness (QED) is 0.650. The minimum absolute atomic E-state index is 0.0626. The summed E-state index contributed by atoms with van der Waals surface area (Å²) in [6.07, 6.45) is -3.71. The van der Waals surface area contributed by atoms with Gasteiger partial charge in [-0.2, -0.15) is 18.3 Å². The molecule has 0 fully saturated rings. The third kappa shape index (κ3) is 4.39. The first-order valence-electron chi connectivity index (χ1n) is 7.41. The molecule has 8 nitrogen and oxygen atoms in total. The van der Waals surface area contributed by atoms with E-state index in [-0.39, 0.29) is 17.9 Å². The minimum atomic E-state index is -4.76. The summed E-state index contributed by atoms with van der Waals surface area (Å²) in [7, 11) is -3.59. The number of anilines is 1.